The Morgan fingerprint density at radius 1 is 1.22 bits per heavy atom. The van der Waals surface area contributed by atoms with Crippen LogP contribution in [0.3, 0.4) is 0 Å². The number of nitrogens with zero attached hydrogens (tertiary/aromatic N) is 1. The van der Waals surface area contributed by atoms with E-state index in [1.165, 1.54) is 51.6 Å². The second-order valence-electron chi connectivity index (χ2n) is 7.42. The van der Waals surface area contributed by atoms with Crippen molar-refractivity contribution in [2.75, 3.05) is 19.6 Å². The maximum Gasteiger partial charge on any atom is 0.0285 e. The zero-order chi connectivity index (χ0) is 13.2. The number of hydrogen-bond donors (Lipinski definition) is 1. The van der Waals surface area contributed by atoms with Gasteiger partial charge in [-0.2, -0.15) is 0 Å². The molecule has 1 aliphatic carbocycles. The van der Waals surface area contributed by atoms with Gasteiger partial charge in [-0.1, -0.05) is 33.6 Å². The van der Waals surface area contributed by atoms with E-state index in [4.69, 9.17) is 5.73 Å². The Kier molecular flexibility index (Phi) is 4.71. The summed E-state index contributed by atoms with van der Waals surface area (Å²) in [5.74, 6) is 2.63. The summed E-state index contributed by atoms with van der Waals surface area (Å²) < 4.78 is 0. The summed E-state index contributed by atoms with van der Waals surface area (Å²) in [5.41, 5.74) is 6.75. The third kappa shape index (κ3) is 3.71. The van der Waals surface area contributed by atoms with E-state index in [1.807, 2.05) is 0 Å². The van der Waals surface area contributed by atoms with Gasteiger partial charge in [0.2, 0.25) is 0 Å². The van der Waals surface area contributed by atoms with E-state index in [-0.39, 0.29) is 5.54 Å². The van der Waals surface area contributed by atoms with Crippen LogP contribution in [0.15, 0.2) is 0 Å². The molecule has 2 nitrogen and oxygen atoms in total. The molecule has 0 aromatic rings. The molecule has 0 aromatic carbocycles. The van der Waals surface area contributed by atoms with Crippen LogP contribution in [0.5, 0.6) is 0 Å². The van der Waals surface area contributed by atoms with Gasteiger partial charge < -0.3 is 10.6 Å². The first-order chi connectivity index (χ1) is 8.48. The first kappa shape index (κ1) is 14.3. The molecule has 2 N–H and O–H groups in total. The summed E-state index contributed by atoms with van der Waals surface area (Å²) >= 11 is 0. The second kappa shape index (κ2) is 5.92. The molecule has 2 unspecified atom stereocenters. The lowest BCUT2D eigenvalue weighted by atomic mass is 9.76. The summed E-state index contributed by atoms with van der Waals surface area (Å²) in [6.07, 6.45) is 7.94. The molecule has 0 spiro atoms. The van der Waals surface area contributed by atoms with E-state index in [0.717, 1.165) is 24.3 Å². The number of likely N-dealkylation sites (tertiary alicyclic amines) is 1. The van der Waals surface area contributed by atoms with E-state index in [9.17, 15) is 0 Å². The van der Waals surface area contributed by atoms with Gasteiger partial charge in [-0.05, 0) is 56.5 Å². The minimum Gasteiger partial charge on any atom is -0.324 e. The zero-order valence-electron chi connectivity index (χ0n) is 12.6. The second-order valence-corrected chi connectivity index (χ2v) is 7.42. The lowest BCUT2D eigenvalue weighted by Gasteiger charge is -2.43. The van der Waals surface area contributed by atoms with E-state index < -0.39 is 0 Å². The van der Waals surface area contributed by atoms with Gasteiger partial charge in [0.25, 0.3) is 0 Å². The lowest BCUT2D eigenvalue weighted by Crippen LogP contribution is -2.54. The van der Waals surface area contributed by atoms with Crippen molar-refractivity contribution in [1.82, 2.24) is 4.90 Å². The van der Waals surface area contributed by atoms with Gasteiger partial charge in [0.1, 0.15) is 0 Å². The van der Waals surface area contributed by atoms with Crippen molar-refractivity contribution in [3.8, 4) is 0 Å². The van der Waals surface area contributed by atoms with Crippen molar-refractivity contribution < 1.29 is 0 Å². The monoisotopic (exact) mass is 252 g/mol. The molecule has 0 radical (unpaired) electrons. The maximum absolute atomic E-state index is 6.63. The van der Waals surface area contributed by atoms with Gasteiger partial charge in [0.05, 0.1) is 0 Å². The minimum atomic E-state index is 0.113. The number of nitrogens with two attached hydrogens (primary N) is 1. The molecule has 18 heavy (non-hydrogen) atoms. The molecule has 2 rings (SSSR count). The molecule has 1 heterocycles. The topological polar surface area (TPSA) is 29.3 Å². The van der Waals surface area contributed by atoms with Crippen LogP contribution in [0.25, 0.3) is 0 Å². The van der Waals surface area contributed by atoms with Gasteiger partial charge in [0, 0.05) is 12.1 Å². The molecule has 0 amide bonds. The predicted molar refractivity (Wildman–Crippen MR) is 78.6 cm³/mol. The molecule has 2 fully saturated rings. The van der Waals surface area contributed by atoms with Gasteiger partial charge >= 0.3 is 0 Å². The van der Waals surface area contributed by atoms with Gasteiger partial charge in [0.15, 0.2) is 0 Å². The average Bonchev–Trinajstić information content (AvgIpc) is 2.28. The fourth-order valence-corrected chi connectivity index (χ4v) is 4.07. The summed E-state index contributed by atoms with van der Waals surface area (Å²) in [4.78, 5) is 2.64. The van der Waals surface area contributed by atoms with Crippen LogP contribution in [0.4, 0.5) is 0 Å². The fraction of sp³-hybridized carbons (Fsp3) is 1.00. The molecular weight excluding hydrogens is 220 g/mol. The van der Waals surface area contributed by atoms with Crippen LogP contribution >= 0.6 is 0 Å². The Hall–Kier alpha value is -0.0800. The highest BCUT2D eigenvalue weighted by Crippen LogP contribution is 2.32. The normalized spacial score (nSPS) is 36.2. The minimum absolute atomic E-state index is 0.113. The Labute approximate surface area is 113 Å². The molecule has 1 saturated carbocycles. The largest absolute Gasteiger partial charge is 0.324 e. The quantitative estimate of drug-likeness (QED) is 0.835. The summed E-state index contributed by atoms with van der Waals surface area (Å²) in [7, 11) is 0. The molecule has 2 atom stereocenters. The van der Waals surface area contributed by atoms with Gasteiger partial charge in [-0.25, -0.2) is 0 Å². The number of hydrogen-bond acceptors (Lipinski definition) is 2. The van der Waals surface area contributed by atoms with Crippen molar-refractivity contribution in [2.45, 2.75) is 64.8 Å². The number of piperidine rings is 1. The van der Waals surface area contributed by atoms with Gasteiger partial charge in [-0.3, -0.25) is 0 Å². The predicted octanol–water partition coefficient (Wildman–Crippen LogP) is 3.26. The highest BCUT2D eigenvalue weighted by molar-refractivity contribution is 4.93. The zero-order valence-corrected chi connectivity index (χ0v) is 12.6. The van der Waals surface area contributed by atoms with E-state index in [0.29, 0.717) is 0 Å². The maximum atomic E-state index is 6.63. The molecule has 0 aromatic heterocycles. The Morgan fingerprint density at radius 3 is 2.44 bits per heavy atom. The van der Waals surface area contributed by atoms with Crippen LogP contribution in [-0.4, -0.2) is 30.1 Å². The third-order valence-corrected chi connectivity index (χ3v) is 5.24. The van der Waals surface area contributed by atoms with Crippen LogP contribution in [-0.2, 0) is 0 Å². The van der Waals surface area contributed by atoms with Crippen LogP contribution in [0.1, 0.15) is 59.3 Å². The summed E-state index contributed by atoms with van der Waals surface area (Å²) in [6, 6.07) is 0. The highest BCUT2D eigenvalue weighted by atomic mass is 15.2. The van der Waals surface area contributed by atoms with Crippen molar-refractivity contribution in [2.24, 2.45) is 23.5 Å². The molecule has 106 valence electrons. The molecule has 1 aliphatic heterocycles. The van der Waals surface area contributed by atoms with Crippen LogP contribution in [0.2, 0.25) is 0 Å². The van der Waals surface area contributed by atoms with Crippen LogP contribution in [0, 0.1) is 17.8 Å². The Bertz CT molecular complexity index is 256. The highest BCUT2D eigenvalue weighted by Gasteiger charge is 2.34. The SMILES string of the molecule is CC1CCCC(N)(CN2CCC(C(C)C)CC2)C1. The average molecular weight is 252 g/mol. The van der Waals surface area contributed by atoms with Crippen molar-refractivity contribution in [1.29, 1.82) is 0 Å². The molecular formula is C16H32N2. The van der Waals surface area contributed by atoms with E-state index in [1.54, 1.807) is 0 Å². The standard InChI is InChI=1S/C16H32N2/c1-13(2)15-6-9-18(10-7-15)12-16(17)8-4-5-14(3)11-16/h13-15H,4-12,17H2,1-3H3. The van der Waals surface area contributed by atoms with Crippen LogP contribution < -0.4 is 5.73 Å². The molecule has 2 heteroatoms. The first-order valence-corrected chi connectivity index (χ1v) is 8.00. The lowest BCUT2D eigenvalue weighted by molar-refractivity contribution is 0.104. The summed E-state index contributed by atoms with van der Waals surface area (Å²) in [6.45, 7) is 10.8. The summed E-state index contributed by atoms with van der Waals surface area (Å²) in [5, 5.41) is 0. The fourth-order valence-electron chi connectivity index (χ4n) is 4.07. The van der Waals surface area contributed by atoms with Crippen molar-refractivity contribution in [3.05, 3.63) is 0 Å². The Morgan fingerprint density at radius 2 is 1.89 bits per heavy atom. The Balaban J connectivity index is 1.80. The van der Waals surface area contributed by atoms with Crippen molar-refractivity contribution >= 4 is 0 Å². The molecule has 0 bridgehead atoms. The number of rotatable bonds is 3. The molecule has 2 aliphatic rings. The van der Waals surface area contributed by atoms with E-state index in [2.05, 4.69) is 25.7 Å². The van der Waals surface area contributed by atoms with E-state index >= 15 is 0 Å². The molecule has 1 saturated heterocycles. The smallest absolute Gasteiger partial charge is 0.0285 e. The van der Waals surface area contributed by atoms with Gasteiger partial charge in [-0.15, -0.1) is 0 Å². The third-order valence-electron chi connectivity index (χ3n) is 5.24. The first-order valence-electron chi connectivity index (χ1n) is 8.00. The van der Waals surface area contributed by atoms with Crippen molar-refractivity contribution in [3.63, 3.8) is 0 Å².